The Morgan fingerprint density at radius 2 is 1.81 bits per heavy atom. The van der Waals surface area contributed by atoms with Gasteiger partial charge in [-0.25, -0.2) is 5.43 Å². The van der Waals surface area contributed by atoms with Gasteiger partial charge in [-0.15, -0.1) is 0 Å². The standard InChI is InChI=1S/C27H27BrClN3O4/c1-4-35-24-13-19(12-22(28)27(24)36-16-20-7-5-6-8-23(20)29)15-30-32-26(34)14-25(33)31-21-10-9-17(2)18(3)11-21/h5-13,15H,4,14,16H2,1-3H3,(H,31,33)(H,32,34). The number of hydrogen-bond acceptors (Lipinski definition) is 5. The number of anilines is 1. The summed E-state index contributed by atoms with van der Waals surface area (Å²) in [7, 11) is 0. The highest BCUT2D eigenvalue weighted by atomic mass is 79.9. The molecule has 9 heteroatoms. The first-order valence-electron chi connectivity index (χ1n) is 11.3. The van der Waals surface area contributed by atoms with Crippen LogP contribution in [0.1, 0.15) is 35.6 Å². The molecule has 2 amide bonds. The van der Waals surface area contributed by atoms with Gasteiger partial charge in [-0.05, 0) is 83.7 Å². The Morgan fingerprint density at radius 3 is 2.53 bits per heavy atom. The Labute approximate surface area is 224 Å². The zero-order chi connectivity index (χ0) is 26.1. The lowest BCUT2D eigenvalue weighted by Crippen LogP contribution is -2.24. The normalized spacial score (nSPS) is 10.8. The fourth-order valence-electron chi connectivity index (χ4n) is 3.22. The van der Waals surface area contributed by atoms with Crippen LogP contribution in [0.15, 0.2) is 64.2 Å². The summed E-state index contributed by atoms with van der Waals surface area (Å²) < 4.78 is 12.4. The Bertz CT molecular complexity index is 1280. The van der Waals surface area contributed by atoms with Gasteiger partial charge in [0.15, 0.2) is 11.5 Å². The van der Waals surface area contributed by atoms with E-state index >= 15 is 0 Å². The van der Waals surface area contributed by atoms with Crippen molar-refractivity contribution < 1.29 is 19.1 Å². The Balaban J connectivity index is 1.60. The SMILES string of the molecule is CCOc1cc(C=NNC(=O)CC(=O)Nc2ccc(C)c(C)c2)cc(Br)c1OCc1ccccc1Cl. The lowest BCUT2D eigenvalue weighted by Gasteiger charge is -2.15. The van der Waals surface area contributed by atoms with E-state index in [1.807, 2.05) is 51.1 Å². The number of halogens is 2. The van der Waals surface area contributed by atoms with Crippen LogP contribution >= 0.6 is 27.5 Å². The third kappa shape index (κ3) is 7.83. The monoisotopic (exact) mass is 571 g/mol. The van der Waals surface area contributed by atoms with Crippen LogP contribution in [0, 0.1) is 13.8 Å². The van der Waals surface area contributed by atoms with Crippen molar-refractivity contribution in [1.82, 2.24) is 5.43 Å². The summed E-state index contributed by atoms with van der Waals surface area (Å²) in [5.41, 5.74) is 6.71. The first-order chi connectivity index (χ1) is 17.3. The molecular formula is C27H27BrClN3O4. The summed E-state index contributed by atoms with van der Waals surface area (Å²) in [5.74, 6) is 0.0872. The van der Waals surface area contributed by atoms with Crippen LogP contribution < -0.4 is 20.2 Å². The second-order valence-corrected chi connectivity index (χ2v) is 9.22. The van der Waals surface area contributed by atoms with Crippen molar-refractivity contribution in [2.75, 3.05) is 11.9 Å². The molecular weight excluding hydrogens is 546 g/mol. The van der Waals surface area contributed by atoms with Crippen molar-refractivity contribution in [1.29, 1.82) is 0 Å². The van der Waals surface area contributed by atoms with Gasteiger partial charge in [-0.3, -0.25) is 9.59 Å². The van der Waals surface area contributed by atoms with Gasteiger partial charge in [0, 0.05) is 16.3 Å². The molecule has 0 saturated carbocycles. The van der Waals surface area contributed by atoms with Crippen LogP contribution in [-0.2, 0) is 16.2 Å². The molecule has 2 N–H and O–H groups in total. The molecule has 0 fully saturated rings. The average molecular weight is 573 g/mol. The molecule has 0 aliphatic carbocycles. The quantitative estimate of drug-likeness (QED) is 0.173. The van der Waals surface area contributed by atoms with Gasteiger partial charge < -0.3 is 14.8 Å². The molecule has 36 heavy (non-hydrogen) atoms. The largest absolute Gasteiger partial charge is 0.490 e. The third-order valence-corrected chi connectivity index (χ3v) is 6.13. The number of ether oxygens (including phenoxy) is 2. The number of carbonyl (C=O) groups excluding carboxylic acids is 2. The van der Waals surface area contributed by atoms with Gasteiger partial charge >= 0.3 is 0 Å². The van der Waals surface area contributed by atoms with E-state index in [0.29, 0.717) is 38.9 Å². The van der Waals surface area contributed by atoms with Crippen LogP contribution in [0.25, 0.3) is 0 Å². The molecule has 0 heterocycles. The van der Waals surface area contributed by atoms with Gasteiger partial charge in [0.2, 0.25) is 11.8 Å². The third-order valence-electron chi connectivity index (χ3n) is 5.18. The smallest absolute Gasteiger partial charge is 0.249 e. The number of nitrogens with one attached hydrogen (secondary N) is 2. The molecule has 0 aliphatic heterocycles. The molecule has 0 spiro atoms. The zero-order valence-electron chi connectivity index (χ0n) is 20.2. The molecule has 0 radical (unpaired) electrons. The van der Waals surface area contributed by atoms with E-state index in [2.05, 4.69) is 31.8 Å². The highest BCUT2D eigenvalue weighted by Crippen LogP contribution is 2.37. The molecule has 0 bridgehead atoms. The summed E-state index contributed by atoms with van der Waals surface area (Å²) >= 11 is 9.74. The van der Waals surface area contributed by atoms with Crippen LogP contribution in [0.5, 0.6) is 11.5 Å². The second-order valence-electron chi connectivity index (χ2n) is 7.96. The van der Waals surface area contributed by atoms with E-state index in [0.717, 1.165) is 16.7 Å². The number of hydrogen-bond donors (Lipinski definition) is 2. The van der Waals surface area contributed by atoms with E-state index in [9.17, 15) is 9.59 Å². The number of aryl methyl sites for hydroxylation is 2. The van der Waals surface area contributed by atoms with Crippen molar-refractivity contribution in [3.63, 3.8) is 0 Å². The van der Waals surface area contributed by atoms with Gasteiger partial charge in [0.1, 0.15) is 13.0 Å². The van der Waals surface area contributed by atoms with Crippen LogP contribution in [0.4, 0.5) is 5.69 Å². The first kappa shape index (κ1) is 27.2. The predicted molar refractivity (Wildman–Crippen MR) is 146 cm³/mol. The average Bonchev–Trinajstić information content (AvgIpc) is 2.82. The maximum atomic E-state index is 12.2. The molecule has 0 aliphatic rings. The number of nitrogens with zero attached hydrogens (tertiary/aromatic N) is 1. The predicted octanol–water partition coefficient (Wildman–Crippen LogP) is 6.18. The van der Waals surface area contributed by atoms with E-state index in [1.165, 1.54) is 6.21 Å². The first-order valence-corrected chi connectivity index (χ1v) is 12.5. The minimum Gasteiger partial charge on any atom is -0.490 e. The highest BCUT2D eigenvalue weighted by Gasteiger charge is 2.14. The van der Waals surface area contributed by atoms with E-state index in [-0.39, 0.29) is 13.0 Å². The van der Waals surface area contributed by atoms with Gasteiger partial charge in [0.05, 0.1) is 17.3 Å². The summed E-state index contributed by atoms with van der Waals surface area (Å²) in [4.78, 5) is 24.3. The van der Waals surface area contributed by atoms with Crippen LogP contribution in [0.3, 0.4) is 0 Å². The minimum absolute atomic E-state index is 0.270. The topological polar surface area (TPSA) is 89.0 Å². The summed E-state index contributed by atoms with van der Waals surface area (Å²) in [6.45, 7) is 6.52. The Kier molecular flexibility index (Phi) is 9.90. The van der Waals surface area contributed by atoms with Crippen LogP contribution in [0.2, 0.25) is 5.02 Å². The Hall–Kier alpha value is -3.36. The number of hydrazone groups is 1. The van der Waals surface area contributed by atoms with Crippen molar-refractivity contribution in [2.24, 2.45) is 5.10 Å². The zero-order valence-corrected chi connectivity index (χ0v) is 22.6. The van der Waals surface area contributed by atoms with Gasteiger partial charge in [0.25, 0.3) is 0 Å². The maximum Gasteiger partial charge on any atom is 0.249 e. The van der Waals surface area contributed by atoms with Crippen molar-refractivity contribution in [3.05, 3.63) is 86.3 Å². The lowest BCUT2D eigenvalue weighted by atomic mass is 10.1. The van der Waals surface area contributed by atoms with Crippen molar-refractivity contribution in [3.8, 4) is 11.5 Å². The second kappa shape index (κ2) is 13.1. The number of benzene rings is 3. The fourth-order valence-corrected chi connectivity index (χ4v) is 3.98. The molecule has 3 aromatic carbocycles. The summed E-state index contributed by atoms with van der Waals surface area (Å²) in [6.07, 6.45) is 1.11. The van der Waals surface area contributed by atoms with Gasteiger partial charge in [-0.1, -0.05) is 35.9 Å². The molecule has 3 aromatic rings. The summed E-state index contributed by atoms with van der Waals surface area (Å²) in [6, 6.07) is 16.6. The van der Waals surface area contributed by atoms with Crippen LogP contribution in [-0.4, -0.2) is 24.6 Å². The summed E-state index contributed by atoms with van der Waals surface area (Å²) in [5, 5.41) is 7.30. The van der Waals surface area contributed by atoms with Gasteiger partial charge in [-0.2, -0.15) is 5.10 Å². The van der Waals surface area contributed by atoms with E-state index in [1.54, 1.807) is 24.3 Å². The lowest BCUT2D eigenvalue weighted by molar-refractivity contribution is -0.126. The molecule has 0 saturated heterocycles. The number of rotatable bonds is 10. The minimum atomic E-state index is -0.531. The molecule has 188 valence electrons. The van der Waals surface area contributed by atoms with Crippen molar-refractivity contribution >= 4 is 51.2 Å². The highest BCUT2D eigenvalue weighted by molar-refractivity contribution is 9.10. The van der Waals surface area contributed by atoms with E-state index in [4.69, 9.17) is 21.1 Å². The van der Waals surface area contributed by atoms with Crippen molar-refractivity contribution in [2.45, 2.75) is 33.8 Å². The maximum absolute atomic E-state index is 12.2. The number of amides is 2. The Morgan fingerprint density at radius 1 is 1.03 bits per heavy atom. The molecule has 3 rings (SSSR count). The fraction of sp³-hybridized carbons (Fsp3) is 0.222. The number of carbonyl (C=O) groups is 2. The van der Waals surface area contributed by atoms with E-state index < -0.39 is 11.8 Å². The molecule has 0 unspecified atom stereocenters. The molecule has 0 aromatic heterocycles. The molecule has 7 nitrogen and oxygen atoms in total. The molecule has 0 atom stereocenters.